The van der Waals surface area contributed by atoms with E-state index in [-0.39, 0.29) is 16.7 Å². The largest absolute Gasteiger partial charge is 0.444 e. The van der Waals surface area contributed by atoms with Crippen LogP contribution in [0.2, 0.25) is 0 Å². The van der Waals surface area contributed by atoms with Crippen molar-refractivity contribution in [3.63, 3.8) is 0 Å². The number of fused-ring (bicyclic) bond motifs is 1. The number of carbonyl (C=O) groups is 1. The zero-order valence-corrected chi connectivity index (χ0v) is 15.3. The van der Waals surface area contributed by atoms with Gasteiger partial charge in [0.2, 0.25) is 0 Å². The highest BCUT2D eigenvalue weighted by molar-refractivity contribution is 5.78. The van der Waals surface area contributed by atoms with E-state index >= 15 is 0 Å². The lowest BCUT2D eigenvalue weighted by Gasteiger charge is -2.25. The molecule has 25 heavy (non-hydrogen) atoms. The third kappa shape index (κ3) is 4.07. The molecule has 0 fully saturated rings. The highest BCUT2D eigenvalue weighted by Crippen LogP contribution is 2.17. The fourth-order valence-corrected chi connectivity index (χ4v) is 2.41. The number of nitrogens with zero attached hydrogens (tertiary/aromatic N) is 3. The number of hydrogen-bond acceptors (Lipinski definition) is 5. The molecule has 0 bridgehead atoms. The van der Waals surface area contributed by atoms with E-state index in [1.165, 1.54) is 21.8 Å². The summed E-state index contributed by atoms with van der Waals surface area (Å²) in [5, 5.41) is 4.05. The number of carbonyl (C=O) groups excluding carboxylic acids is 1. The van der Waals surface area contributed by atoms with Crippen LogP contribution in [0.4, 0.5) is 9.18 Å². The Morgan fingerprint density at radius 1 is 1.36 bits per heavy atom. The van der Waals surface area contributed by atoms with Crippen LogP contribution in [-0.2, 0) is 4.74 Å². The summed E-state index contributed by atoms with van der Waals surface area (Å²) in [4.78, 5) is 29.1. The SMILES string of the molecule is C[C@H](NC(=O)OC(C)(C)C)c1nc2cccc(F)c2c(=O)n1N(C)C. The minimum absolute atomic E-state index is 0.0931. The third-order valence-corrected chi connectivity index (χ3v) is 3.37. The molecule has 0 aliphatic heterocycles. The van der Waals surface area contributed by atoms with Gasteiger partial charge in [0, 0.05) is 14.1 Å². The van der Waals surface area contributed by atoms with E-state index in [0.29, 0.717) is 0 Å². The van der Waals surface area contributed by atoms with Gasteiger partial charge in [-0.15, -0.1) is 0 Å². The van der Waals surface area contributed by atoms with Gasteiger partial charge in [-0.25, -0.2) is 18.8 Å². The normalized spacial score (nSPS) is 12.8. The van der Waals surface area contributed by atoms with Crippen LogP contribution in [-0.4, -0.2) is 35.4 Å². The molecule has 2 rings (SSSR count). The van der Waals surface area contributed by atoms with E-state index in [4.69, 9.17) is 4.74 Å². The van der Waals surface area contributed by atoms with Gasteiger partial charge < -0.3 is 15.1 Å². The number of nitrogens with one attached hydrogen (secondary N) is 1. The first-order valence-electron chi connectivity index (χ1n) is 7.89. The number of aromatic nitrogens is 2. The second-order valence-electron chi connectivity index (χ2n) is 6.94. The second-order valence-corrected chi connectivity index (χ2v) is 6.94. The summed E-state index contributed by atoms with van der Waals surface area (Å²) in [6.07, 6.45) is -0.626. The molecule has 2 aromatic rings. The van der Waals surface area contributed by atoms with Gasteiger partial charge in [0.25, 0.3) is 5.56 Å². The lowest BCUT2D eigenvalue weighted by atomic mass is 10.2. The number of halogens is 1. The molecule has 0 radical (unpaired) electrons. The summed E-state index contributed by atoms with van der Waals surface area (Å²) in [5.74, 6) is -0.358. The van der Waals surface area contributed by atoms with Crippen LogP contribution in [0, 0.1) is 5.82 Å². The van der Waals surface area contributed by atoms with Crippen LogP contribution in [0.25, 0.3) is 10.9 Å². The average Bonchev–Trinajstić information content (AvgIpc) is 2.44. The van der Waals surface area contributed by atoms with Gasteiger partial charge in [0.15, 0.2) is 5.82 Å². The first-order chi connectivity index (χ1) is 11.5. The molecular weight excluding hydrogens is 327 g/mol. The number of ether oxygens (including phenoxy) is 1. The molecule has 1 amide bonds. The molecule has 0 aliphatic carbocycles. The lowest BCUT2D eigenvalue weighted by Crippen LogP contribution is -2.43. The van der Waals surface area contributed by atoms with Crippen molar-refractivity contribution < 1.29 is 13.9 Å². The second kappa shape index (κ2) is 6.70. The van der Waals surface area contributed by atoms with Crippen molar-refractivity contribution in [2.45, 2.75) is 39.3 Å². The minimum atomic E-state index is -0.648. The van der Waals surface area contributed by atoms with Gasteiger partial charge in [-0.05, 0) is 39.8 Å². The van der Waals surface area contributed by atoms with Crippen molar-refractivity contribution in [1.29, 1.82) is 0 Å². The molecule has 8 heteroatoms. The van der Waals surface area contributed by atoms with E-state index in [2.05, 4.69) is 10.3 Å². The molecule has 0 unspecified atom stereocenters. The van der Waals surface area contributed by atoms with Crippen LogP contribution in [0.15, 0.2) is 23.0 Å². The van der Waals surface area contributed by atoms with Crippen molar-refractivity contribution in [1.82, 2.24) is 15.0 Å². The smallest absolute Gasteiger partial charge is 0.408 e. The van der Waals surface area contributed by atoms with Crippen LogP contribution in [0.5, 0.6) is 0 Å². The molecule has 1 N–H and O–H groups in total. The van der Waals surface area contributed by atoms with Gasteiger partial charge in [0.1, 0.15) is 16.8 Å². The Morgan fingerprint density at radius 3 is 2.56 bits per heavy atom. The molecule has 1 aromatic carbocycles. The molecule has 0 spiro atoms. The van der Waals surface area contributed by atoms with E-state index in [0.717, 1.165) is 0 Å². The summed E-state index contributed by atoms with van der Waals surface area (Å²) in [5.41, 5.74) is -0.956. The van der Waals surface area contributed by atoms with E-state index in [1.54, 1.807) is 47.9 Å². The van der Waals surface area contributed by atoms with Crippen molar-refractivity contribution in [2.75, 3.05) is 19.1 Å². The first-order valence-corrected chi connectivity index (χ1v) is 7.89. The standard InChI is InChI=1S/C17H23FN4O3/c1-10(19-16(24)25-17(2,3)4)14-20-12-9-7-8-11(18)13(12)15(23)22(14)21(5)6/h7-10H,1-6H3,(H,19,24)/t10-/m0/s1. The fourth-order valence-electron chi connectivity index (χ4n) is 2.41. The Balaban J connectivity index is 2.51. The van der Waals surface area contributed by atoms with Crippen molar-refractivity contribution >= 4 is 17.0 Å². The summed E-state index contributed by atoms with van der Waals surface area (Å²) in [6, 6.07) is 3.63. The maximum atomic E-state index is 14.1. The molecule has 7 nitrogen and oxygen atoms in total. The molecule has 0 saturated heterocycles. The molecule has 1 heterocycles. The Hall–Kier alpha value is -2.64. The van der Waals surface area contributed by atoms with E-state index in [1.807, 2.05) is 0 Å². The minimum Gasteiger partial charge on any atom is -0.444 e. The molecule has 1 atom stereocenters. The van der Waals surface area contributed by atoms with Gasteiger partial charge >= 0.3 is 6.09 Å². The maximum absolute atomic E-state index is 14.1. The number of rotatable bonds is 3. The van der Waals surface area contributed by atoms with E-state index < -0.39 is 29.1 Å². The maximum Gasteiger partial charge on any atom is 0.408 e. The Morgan fingerprint density at radius 2 is 2.00 bits per heavy atom. The molecule has 136 valence electrons. The van der Waals surface area contributed by atoms with Crippen LogP contribution < -0.4 is 15.9 Å². The van der Waals surface area contributed by atoms with Crippen LogP contribution >= 0.6 is 0 Å². The Bertz CT molecular complexity index is 855. The average molecular weight is 350 g/mol. The fraction of sp³-hybridized carbons (Fsp3) is 0.471. The zero-order valence-electron chi connectivity index (χ0n) is 15.3. The highest BCUT2D eigenvalue weighted by Gasteiger charge is 2.23. The van der Waals surface area contributed by atoms with Crippen molar-refractivity contribution in [3.05, 3.63) is 40.2 Å². The van der Waals surface area contributed by atoms with Crippen LogP contribution in [0.1, 0.15) is 39.6 Å². The summed E-state index contributed by atoms with van der Waals surface area (Å²) in [6.45, 7) is 6.94. The summed E-state index contributed by atoms with van der Waals surface area (Å²) < 4.78 is 20.5. The third-order valence-electron chi connectivity index (χ3n) is 3.37. The molecule has 0 aliphatic rings. The molecule has 0 saturated carbocycles. The molecular formula is C17H23FN4O3. The predicted molar refractivity (Wildman–Crippen MR) is 93.8 cm³/mol. The zero-order chi connectivity index (χ0) is 18.9. The highest BCUT2D eigenvalue weighted by atomic mass is 19.1. The van der Waals surface area contributed by atoms with Gasteiger partial charge in [-0.2, -0.15) is 0 Å². The first kappa shape index (κ1) is 18.7. The van der Waals surface area contributed by atoms with Crippen molar-refractivity contribution in [3.8, 4) is 0 Å². The van der Waals surface area contributed by atoms with Gasteiger partial charge in [0.05, 0.1) is 11.6 Å². The number of alkyl carbamates (subject to hydrolysis) is 1. The van der Waals surface area contributed by atoms with Gasteiger partial charge in [-0.3, -0.25) is 4.79 Å². The summed E-state index contributed by atoms with van der Waals surface area (Å²) in [7, 11) is 3.28. The van der Waals surface area contributed by atoms with Crippen molar-refractivity contribution in [2.24, 2.45) is 0 Å². The predicted octanol–water partition coefficient (Wildman–Crippen LogP) is 2.32. The monoisotopic (exact) mass is 350 g/mol. The summed E-state index contributed by atoms with van der Waals surface area (Å²) >= 11 is 0. The number of amides is 1. The topological polar surface area (TPSA) is 76.5 Å². The molecule has 1 aromatic heterocycles. The Labute approximate surface area is 145 Å². The van der Waals surface area contributed by atoms with E-state index in [9.17, 15) is 14.0 Å². The quantitative estimate of drug-likeness (QED) is 0.919. The lowest BCUT2D eigenvalue weighted by molar-refractivity contribution is 0.0504. The Kier molecular flexibility index (Phi) is 5.01. The van der Waals surface area contributed by atoms with Gasteiger partial charge in [-0.1, -0.05) is 6.07 Å². The number of hydrogen-bond donors (Lipinski definition) is 1. The van der Waals surface area contributed by atoms with Crippen LogP contribution in [0.3, 0.4) is 0 Å². The number of benzene rings is 1.